The lowest BCUT2D eigenvalue weighted by atomic mass is 10.1. The van der Waals surface area contributed by atoms with E-state index >= 15 is 0 Å². The molecule has 0 aliphatic carbocycles. The van der Waals surface area contributed by atoms with Crippen molar-refractivity contribution in [2.24, 2.45) is 0 Å². The molecule has 0 saturated carbocycles. The smallest absolute Gasteiger partial charge is 0.253 e. The average molecular weight is 389 g/mol. The van der Waals surface area contributed by atoms with E-state index in [-0.39, 0.29) is 17.2 Å². The number of hydrazine groups is 1. The first-order valence-corrected chi connectivity index (χ1v) is 9.87. The van der Waals surface area contributed by atoms with Gasteiger partial charge in [-0.15, -0.1) is 0 Å². The number of hydrogen-bond acceptors (Lipinski definition) is 4. The van der Waals surface area contributed by atoms with Crippen LogP contribution in [0, 0.1) is 6.92 Å². The molecule has 0 aromatic heterocycles. The Kier molecular flexibility index (Phi) is 7.09. The van der Waals surface area contributed by atoms with E-state index in [0.717, 1.165) is 15.4 Å². The van der Waals surface area contributed by atoms with Gasteiger partial charge in [0.15, 0.2) is 0 Å². The number of benzene rings is 2. The van der Waals surface area contributed by atoms with Crippen LogP contribution < -0.4 is 10.9 Å². The highest BCUT2D eigenvalue weighted by Crippen LogP contribution is 2.14. The number of carbonyl (C=O) groups is 2. The SMILES string of the molecule is Cc1ccc(S(=O)(=O)N(C)CC(=O)NNC(=O)CCc2ccccc2)cc1. The van der Waals surface area contributed by atoms with Gasteiger partial charge in [0.2, 0.25) is 15.9 Å². The van der Waals surface area contributed by atoms with Crippen molar-refractivity contribution >= 4 is 21.8 Å². The van der Waals surface area contributed by atoms with Gasteiger partial charge in [-0.2, -0.15) is 4.31 Å². The van der Waals surface area contributed by atoms with Crippen LogP contribution in [0.25, 0.3) is 0 Å². The standard InChI is InChI=1S/C19H23N3O4S/c1-15-8-11-17(12-9-15)27(25,26)22(2)14-19(24)21-20-18(23)13-10-16-6-4-3-5-7-16/h3-9,11-12H,10,13-14H2,1-2H3,(H,20,23)(H,21,24). The van der Waals surface area contributed by atoms with E-state index in [9.17, 15) is 18.0 Å². The van der Waals surface area contributed by atoms with Gasteiger partial charge in [0, 0.05) is 13.5 Å². The quantitative estimate of drug-likeness (QED) is 0.700. The fraction of sp³-hybridized carbons (Fsp3) is 0.263. The van der Waals surface area contributed by atoms with Gasteiger partial charge in [0.05, 0.1) is 11.4 Å². The summed E-state index contributed by atoms with van der Waals surface area (Å²) < 4.78 is 25.8. The fourth-order valence-corrected chi connectivity index (χ4v) is 3.45. The molecule has 0 unspecified atom stereocenters. The molecule has 7 nitrogen and oxygen atoms in total. The minimum Gasteiger partial charge on any atom is -0.273 e. The van der Waals surface area contributed by atoms with Crippen LogP contribution in [0.5, 0.6) is 0 Å². The van der Waals surface area contributed by atoms with Crippen LogP contribution in [-0.2, 0) is 26.0 Å². The Hall–Kier alpha value is -2.71. The fourth-order valence-electron chi connectivity index (χ4n) is 2.32. The van der Waals surface area contributed by atoms with Crippen LogP contribution in [0.15, 0.2) is 59.5 Å². The van der Waals surface area contributed by atoms with E-state index in [0.29, 0.717) is 6.42 Å². The molecule has 0 spiro atoms. The monoisotopic (exact) mass is 389 g/mol. The van der Waals surface area contributed by atoms with Gasteiger partial charge in [-0.05, 0) is 31.0 Å². The Morgan fingerprint density at radius 1 is 0.926 bits per heavy atom. The number of nitrogens with zero attached hydrogens (tertiary/aromatic N) is 1. The van der Waals surface area contributed by atoms with Gasteiger partial charge in [0.25, 0.3) is 5.91 Å². The summed E-state index contributed by atoms with van der Waals surface area (Å²) in [6, 6.07) is 15.9. The van der Waals surface area contributed by atoms with E-state index in [4.69, 9.17) is 0 Å². The first kappa shape index (κ1) is 20.6. The van der Waals surface area contributed by atoms with Gasteiger partial charge in [-0.1, -0.05) is 48.0 Å². The van der Waals surface area contributed by atoms with Gasteiger partial charge >= 0.3 is 0 Å². The highest BCUT2D eigenvalue weighted by atomic mass is 32.2. The Morgan fingerprint density at radius 3 is 2.15 bits per heavy atom. The predicted molar refractivity (Wildman–Crippen MR) is 102 cm³/mol. The number of nitrogens with one attached hydrogen (secondary N) is 2. The third-order valence-electron chi connectivity index (χ3n) is 3.92. The van der Waals surface area contributed by atoms with Crippen molar-refractivity contribution < 1.29 is 18.0 Å². The third kappa shape index (κ3) is 6.19. The summed E-state index contributed by atoms with van der Waals surface area (Å²) in [6.45, 7) is 1.45. The maximum Gasteiger partial charge on any atom is 0.253 e. The number of aryl methyl sites for hydroxylation is 2. The molecule has 0 radical (unpaired) electrons. The van der Waals surface area contributed by atoms with Crippen molar-refractivity contribution in [3.8, 4) is 0 Å². The number of hydrogen-bond donors (Lipinski definition) is 2. The lowest BCUT2D eigenvalue weighted by Crippen LogP contribution is -2.46. The first-order valence-electron chi connectivity index (χ1n) is 8.43. The van der Waals surface area contributed by atoms with Crippen LogP contribution in [0.4, 0.5) is 0 Å². The molecule has 0 aliphatic heterocycles. The minimum atomic E-state index is -3.78. The third-order valence-corrected chi connectivity index (χ3v) is 5.74. The topological polar surface area (TPSA) is 95.6 Å². The summed E-state index contributed by atoms with van der Waals surface area (Å²) in [5, 5.41) is 0. The second-order valence-electron chi connectivity index (χ2n) is 6.16. The van der Waals surface area contributed by atoms with Gasteiger partial charge < -0.3 is 0 Å². The zero-order chi connectivity index (χ0) is 19.9. The van der Waals surface area contributed by atoms with Gasteiger partial charge in [-0.3, -0.25) is 20.4 Å². The molecular formula is C19H23N3O4S. The Labute approximate surface area is 159 Å². The molecule has 8 heteroatoms. The molecule has 0 aliphatic rings. The van der Waals surface area contributed by atoms with Crippen LogP contribution in [0.2, 0.25) is 0 Å². The average Bonchev–Trinajstić information content (AvgIpc) is 2.66. The van der Waals surface area contributed by atoms with E-state index in [1.807, 2.05) is 37.3 Å². The van der Waals surface area contributed by atoms with Crippen molar-refractivity contribution in [3.63, 3.8) is 0 Å². The molecule has 2 aromatic carbocycles. The summed E-state index contributed by atoms with van der Waals surface area (Å²) in [7, 11) is -2.46. The van der Waals surface area contributed by atoms with E-state index in [2.05, 4.69) is 10.9 Å². The highest BCUT2D eigenvalue weighted by Gasteiger charge is 2.22. The molecule has 0 bridgehead atoms. The van der Waals surface area contributed by atoms with Crippen molar-refractivity contribution in [3.05, 3.63) is 65.7 Å². The number of likely N-dealkylation sites (N-methyl/N-ethyl adjacent to an activating group) is 1. The van der Waals surface area contributed by atoms with Crippen molar-refractivity contribution in [2.45, 2.75) is 24.7 Å². The zero-order valence-corrected chi connectivity index (χ0v) is 16.1. The van der Waals surface area contributed by atoms with Crippen molar-refractivity contribution in [1.29, 1.82) is 0 Å². The second kappa shape index (κ2) is 9.29. The molecule has 2 N–H and O–H groups in total. The molecule has 0 atom stereocenters. The Morgan fingerprint density at radius 2 is 1.52 bits per heavy atom. The molecule has 0 fully saturated rings. The summed E-state index contributed by atoms with van der Waals surface area (Å²) in [5.41, 5.74) is 6.49. The van der Waals surface area contributed by atoms with Crippen LogP contribution in [0.3, 0.4) is 0 Å². The highest BCUT2D eigenvalue weighted by molar-refractivity contribution is 7.89. The Balaban J connectivity index is 1.80. The first-order chi connectivity index (χ1) is 12.8. The summed E-state index contributed by atoms with van der Waals surface area (Å²) in [5.74, 6) is -0.975. The molecular weight excluding hydrogens is 366 g/mol. The lowest BCUT2D eigenvalue weighted by Gasteiger charge is -2.17. The van der Waals surface area contributed by atoms with Crippen molar-refractivity contribution in [2.75, 3.05) is 13.6 Å². The summed E-state index contributed by atoms with van der Waals surface area (Å²) >= 11 is 0. The summed E-state index contributed by atoms with van der Waals surface area (Å²) in [6.07, 6.45) is 0.756. The normalized spacial score (nSPS) is 11.2. The lowest BCUT2D eigenvalue weighted by molar-refractivity contribution is -0.128. The maximum absolute atomic E-state index is 12.4. The minimum absolute atomic E-state index is 0.107. The molecule has 27 heavy (non-hydrogen) atoms. The summed E-state index contributed by atoms with van der Waals surface area (Å²) in [4.78, 5) is 23.8. The maximum atomic E-state index is 12.4. The van der Waals surface area contributed by atoms with Crippen LogP contribution in [-0.4, -0.2) is 38.1 Å². The molecule has 0 heterocycles. The molecule has 0 saturated heterocycles. The number of carbonyl (C=O) groups excluding carboxylic acids is 2. The predicted octanol–water partition coefficient (Wildman–Crippen LogP) is 1.40. The molecule has 2 amide bonds. The van der Waals surface area contributed by atoms with E-state index < -0.39 is 22.5 Å². The molecule has 2 rings (SSSR count). The number of sulfonamides is 1. The zero-order valence-electron chi connectivity index (χ0n) is 15.3. The van der Waals surface area contributed by atoms with Gasteiger partial charge in [-0.25, -0.2) is 8.42 Å². The second-order valence-corrected chi connectivity index (χ2v) is 8.20. The Bertz CT molecular complexity index is 881. The molecule has 144 valence electrons. The van der Waals surface area contributed by atoms with Crippen LogP contribution >= 0.6 is 0 Å². The van der Waals surface area contributed by atoms with Crippen molar-refractivity contribution in [1.82, 2.24) is 15.2 Å². The van der Waals surface area contributed by atoms with E-state index in [1.54, 1.807) is 12.1 Å². The number of amides is 2. The largest absolute Gasteiger partial charge is 0.273 e. The van der Waals surface area contributed by atoms with E-state index in [1.165, 1.54) is 19.2 Å². The van der Waals surface area contributed by atoms with Gasteiger partial charge in [0.1, 0.15) is 0 Å². The van der Waals surface area contributed by atoms with Crippen LogP contribution in [0.1, 0.15) is 17.5 Å². The number of rotatable bonds is 7. The molecule has 2 aromatic rings.